The summed E-state index contributed by atoms with van der Waals surface area (Å²) in [5.74, 6) is 0.885. The van der Waals surface area contributed by atoms with Crippen molar-refractivity contribution in [2.75, 3.05) is 25.0 Å². The van der Waals surface area contributed by atoms with E-state index in [2.05, 4.69) is 29.2 Å². The number of piperidine rings is 3. The van der Waals surface area contributed by atoms with E-state index >= 15 is 0 Å². The third-order valence-electron chi connectivity index (χ3n) is 5.81. The summed E-state index contributed by atoms with van der Waals surface area (Å²) in [6.45, 7) is 5.13. The fraction of sp³-hybridized carbons (Fsp3) is 0.611. The van der Waals surface area contributed by atoms with Crippen LogP contribution in [0.1, 0.15) is 26.7 Å². The molecule has 9 heteroatoms. The Morgan fingerprint density at radius 3 is 2.67 bits per heavy atom. The molecule has 0 radical (unpaired) electrons. The van der Waals surface area contributed by atoms with E-state index in [4.69, 9.17) is 20.9 Å². The molecule has 5 nitrogen and oxygen atoms in total. The molecule has 1 atom stereocenters. The summed E-state index contributed by atoms with van der Waals surface area (Å²) in [5, 5.41) is 8.15. The molecule has 2 bridgehead atoms. The van der Waals surface area contributed by atoms with Crippen LogP contribution in [0.2, 0.25) is 5.02 Å². The fourth-order valence-electron chi connectivity index (χ4n) is 4.37. The van der Waals surface area contributed by atoms with Crippen LogP contribution in [0.4, 0.5) is 19.0 Å². The van der Waals surface area contributed by atoms with Crippen LogP contribution in [0, 0.1) is 5.92 Å². The Labute approximate surface area is 159 Å². The van der Waals surface area contributed by atoms with Gasteiger partial charge in [0.05, 0.1) is 10.4 Å². The van der Waals surface area contributed by atoms with Crippen LogP contribution in [0.25, 0.3) is 11.0 Å². The molecule has 3 fully saturated rings. The minimum Gasteiger partial charge on any atom is -0.478 e. The molecule has 1 aromatic carbocycles. The molecule has 1 unspecified atom stereocenters. The second-order valence-corrected chi connectivity index (χ2v) is 8.20. The van der Waals surface area contributed by atoms with E-state index in [0.29, 0.717) is 17.1 Å². The van der Waals surface area contributed by atoms with Gasteiger partial charge in [0.15, 0.2) is 18.2 Å². The molecule has 1 N–H and O–H groups in total. The van der Waals surface area contributed by atoms with Gasteiger partial charge in [-0.05, 0) is 57.8 Å². The number of aromatic nitrogens is 1. The lowest BCUT2D eigenvalue weighted by molar-refractivity contribution is -0.153. The van der Waals surface area contributed by atoms with Crippen molar-refractivity contribution in [2.24, 2.45) is 5.92 Å². The molecule has 1 aromatic heterocycles. The van der Waals surface area contributed by atoms with Gasteiger partial charge in [0, 0.05) is 11.6 Å². The molecule has 148 valence electrons. The Morgan fingerprint density at radius 2 is 2.04 bits per heavy atom. The van der Waals surface area contributed by atoms with Crippen LogP contribution < -0.4 is 10.1 Å². The molecule has 3 saturated heterocycles. The first-order chi connectivity index (χ1) is 12.7. The normalized spacial score (nSPS) is 27.1. The van der Waals surface area contributed by atoms with Crippen LogP contribution in [0.3, 0.4) is 0 Å². The molecule has 0 amide bonds. The van der Waals surface area contributed by atoms with Crippen molar-refractivity contribution in [3.63, 3.8) is 0 Å². The van der Waals surface area contributed by atoms with Gasteiger partial charge in [-0.2, -0.15) is 13.2 Å². The first-order valence-corrected chi connectivity index (χ1v) is 9.33. The SMILES string of the molecule is CC1(C)C(Nc2noc3c(OCC(F)(F)F)c(Cl)ccc23)C2CCN1CC2. The number of rotatable bonds is 4. The number of halogens is 4. The summed E-state index contributed by atoms with van der Waals surface area (Å²) in [7, 11) is 0. The molecule has 2 aromatic rings. The van der Waals surface area contributed by atoms with Crippen molar-refractivity contribution in [1.82, 2.24) is 10.1 Å². The fourth-order valence-corrected chi connectivity index (χ4v) is 4.58. The summed E-state index contributed by atoms with van der Waals surface area (Å²) >= 11 is 6.02. The number of hydrogen-bond acceptors (Lipinski definition) is 5. The van der Waals surface area contributed by atoms with Crippen molar-refractivity contribution in [3.05, 3.63) is 17.2 Å². The zero-order chi connectivity index (χ0) is 19.4. The highest BCUT2D eigenvalue weighted by Crippen LogP contribution is 2.43. The molecule has 3 aliphatic rings. The van der Waals surface area contributed by atoms with E-state index in [1.165, 1.54) is 6.07 Å². The number of hydrogen-bond donors (Lipinski definition) is 1. The van der Waals surface area contributed by atoms with Crippen molar-refractivity contribution in [1.29, 1.82) is 0 Å². The third kappa shape index (κ3) is 3.33. The molecule has 27 heavy (non-hydrogen) atoms. The van der Waals surface area contributed by atoms with E-state index in [1.54, 1.807) is 6.07 Å². The van der Waals surface area contributed by atoms with Gasteiger partial charge in [0.2, 0.25) is 5.58 Å². The summed E-state index contributed by atoms with van der Waals surface area (Å²) in [5.41, 5.74) is 0.0717. The molecular formula is C18H21ClF3N3O2. The quantitative estimate of drug-likeness (QED) is 0.801. The lowest BCUT2D eigenvalue weighted by Crippen LogP contribution is -2.66. The smallest absolute Gasteiger partial charge is 0.422 e. The number of ether oxygens (including phenoxy) is 1. The Kier molecular flexibility index (Phi) is 4.46. The van der Waals surface area contributed by atoms with E-state index in [9.17, 15) is 13.2 Å². The number of alkyl halides is 3. The molecule has 0 saturated carbocycles. The highest BCUT2D eigenvalue weighted by molar-refractivity contribution is 6.33. The molecule has 5 rings (SSSR count). The Morgan fingerprint density at radius 1 is 1.33 bits per heavy atom. The van der Waals surface area contributed by atoms with Gasteiger partial charge in [-0.15, -0.1) is 0 Å². The zero-order valence-electron chi connectivity index (χ0n) is 15.1. The largest absolute Gasteiger partial charge is 0.478 e. The maximum atomic E-state index is 12.5. The zero-order valence-corrected chi connectivity index (χ0v) is 15.8. The van der Waals surface area contributed by atoms with Crippen LogP contribution >= 0.6 is 11.6 Å². The maximum absolute atomic E-state index is 12.5. The van der Waals surface area contributed by atoms with Crippen LogP contribution in [0.15, 0.2) is 16.7 Å². The number of anilines is 1. The topological polar surface area (TPSA) is 50.5 Å². The van der Waals surface area contributed by atoms with Crippen LogP contribution in [-0.4, -0.2) is 47.5 Å². The van der Waals surface area contributed by atoms with Gasteiger partial charge < -0.3 is 14.6 Å². The molecular weight excluding hydrogens is 383 g/mol. The maximum Gasteiger partial charge on any atom is 0.422 e. The number of nitrogens with one attached hydrogen (secondary N) is 1. The molecule has 0 spiro atoms. The lowest BCUT2D eigenvalue weighted by atomic mass is 9.72. The minimum atomic E-state index is -4.47. The van der Waals surface area contributed by atoms with E-state index < -0.39 is 12.8 Å². The summed E-state index contributed by atoms with van der Waals surface area (Å²) in [6, 6.07) is 3.36. The van der Waals surface area contributed by atoms with Gasteiger partial charge in [-0.3, -0.25) is 4.90 Å². The van der Waals surface area contributed by atoms with Gasteiger partial charge in [-0.1, -0.05) is 16.8 Å². The van der Waals surface area contributed by atoms with E-state index in [1.807, 2.05) is 0 Å². The molecule has 3 aliphatic heterocycles. The Hall–Kier alpha value is -1.67. The van der Waals surface area contributed by atoms with Crippen molar-refractivity contribution >= 4 is 28.4 Å². The van der Waals surface area contributed by atoms with Gasteiger partial charge in [0.25, 0.3) is 0 Å². The standard InChI is InChI=1S/C18H21ClF3N3O2/c1-17(2)15(10-5-7-25(17)8-6-10)23-16-11-3-4-12(19)14(13(11)27-24-16)26-9-18(20,21)22/h3-4,10,15H,5-9H2,1-2H3,(H,23,24). The number of nitrogens with zero attached hydrogens (tertiary/aromatic N) is 2. The lowest BCUT2D eigenvalue weighted by Gasteiger charge is -2.56. The van der Waals surface area contributed by atoms with E-state index in [0.717, 1.165) is 25.9 Å². The summed E-state index contributed by atoms with van der Waals surface area (Å²) in [4.78, 5) is 2.46. The first kappa shape index (κ1) is 18.7. The highest BCUT2D eigenvalue weighted by Gasteiger charge is 2.48. The second kappa shape index (κ2) is 6.44. The van der Waals surface area contributed by atoms with Gasteiger partial charge in [-0.25, -0.2) is 0 Å². The average molecular weight is 404 g/mol. The van der Waals surface area contributed by atoms with Crippen molar-refractivity contribution in [3.8, 4) is 5.75 Å². The molecule has 4 heterocycles. The summed E-state index contributed by atoms with van der Waals surface area (Å²) < 4.78 is 47.8. The number of benzene rings is 1. The van der Waals surface area contributed by atoms with Gasteiger partial charge in [0.1, 0.15) is 0 Å². The van der Waals surface area contributed by atoms with E-state index in [-0.39, 0.29) is 27.9 Å². The second-order valence-electron chi connectivity index (χ2n) is 7.79. The van der Waals surface area contributed by atoms with Crippen molar-refractivity contribution < 1.29 is 22.4 Å². The Balaban J connectivity index is 1.64. The van der Waals surface area contributed by atoms with Crippen molar-refractivity contribution in [2.45, 2.75) is 44.4 Å². The van der Waals surface area contributed by atoms with Crippen LogP contribution in [0.5, 0.6) is 5.75 Å². The highest BCUT2D eigenvalue weighted by atomic mass is 35.5. The minimum absolute atomic E-state index is 0.0471. The third-order valence-corrected chi connectivity index (χ3v) is 6.10. The average Bonchev–Trinajstić information content (AvgIpc) is 2.99. The predicted octanol–water partition coefficient (Wildman–Crippen LogP) is 4.71. The first-order valence-electron chi connectivity index (χ1n) is 8.96. The van der Waals surface area contributed by atoms with Gasteiger partial charge >= 0.3 is 6.18 Å². The summed E-state index contributed by atoms with van der Waals surface area (Å²) in [6.07, 6.45) is -2.24. The molecule has 0 aliphatic carbocycles. The number of fused-ring (bicyclic) bond motifs is 4. The van der Waals surface area contributed by atoms with Crippen LogP contribution in [-0.2, 0) is 0 Å². The predicted molar refractivity (Wildman–Crippen MR) is 96.4 cm³/mol. The monoisotopic (exact) mass is 403 g/mol. The Bertz CT molecular complexity index is 844.